The van der Waals surface area contributed by atoms with Crippen LogP contribution in [0.2, 0.25) is 0 Å². The number of pyridine rings is 1. The Kier molecular flexibility index (Phi) is 5.44. The molecule has 0 saturated heterocycles. The number of ether oxygens (including phenoxy) is 2. The normalized spacial score (nSPS) is 12.1. The Morgan fingerprint density at radius 2 is 1.83 bits per heavy atom. The predicted octanol–water partition coefficient (Wildman–Crippen LogP) is 3.89. The third-order valence-electron chi connectivity index (χ3n) is 4.92. The summed E-state index contributed by atoms with van der Waals surface area (Å²) in [5.74, 6) is 1.54. The van der Waals surface area contributed by atoms with Gasteiger partial charge < -0.3 is 15.2 Å². The van der Waals surface area contributed by atoms with Gasteiger partial charge in [-0.25, -0.2) is 0 Å². The van der Waals surface area contributed by atoms with Crippen LogP contribution in [0.25, 0.3) is 22.0 Å². The zero-order valence-corrected chi connectivity index (χ0v) is 16.6. The lowest BCUT2D eigenvalue weighted by Gasteiger charge is -2.14. The van der Waals surface area contributed by atoms with Crippen molar-refractivity contribution in [1.82, 2.24) is 15.2 Å². The minimum Gasteiger partial charge on any atom is -0.497 e. The minimum absolute atomic E-state index is 0.114. The number of benzene rings is 2. The van der Waals surface area contributed by atoms with Gasteiger partial charge in [0.25, 0.3) is 0 Å². The van der Waals surface area contributed by atoms with Gasteiger partial charge in [-0.15, -0.1) is 0 Å². The van der Waals surface area contributed by atoms with Crippen LogP contribution < -0.4 is 15.2 Å². The highest BCUT2D eigenvalue weighted by Gasteiger charge is 2.09. The number of hydrogen-bond acceptors (Lipinski definition) is 5. The molecule has 0 amide bonds. The zero-order valence-electron chi connectivity index (χ0n) is 16.6. The van der Waals surface area contributed by atoms with E-state index in [0.717, 1.165) is 45.5 Å². The Morgan fingerprint density at radius 3 is 2.62 bits per heavy atom. The molecule has 4 rings (SSSR count). The van der Waals surface area contributed by atoms with Crippen molar-refractivity contribution < 1.29 is 9.47 Å². The molecule has 0 aliphatic heterocycles. The van der Waals surface area contributed by atoms with Gasteiger partial charge in [0.2, 0.25) is 0 Å². The van der Waals surface area contributed by atoms with E-state index in [1.807, 2.05) is 49.5 Å². The number of nitrogens with zero attached hydrogens (tertiary/aromatic N) is 2. The van der Waals surface area contributed by atoms with Crippen LogP contribution >= 0.6 is 0 Å². The van der Waals surface area contributed by atoms with Crippen LogP contribution in [0, 0.1) is 6.92 Å². The largest absolute Gasteiger partial charge is 0.497 e. The average molecular weight is 388 g/mol. The molecule has 0 aliphatic rings. The van der Waals surface area contributed by atoms with E-state index in [0.29, 0.717) is 12.4 Å². The Balaban J connectivity index is 1.42. The van der Waals surface area contributed by atoms with Gasteiger partial charge in [0.05, 0.1) is 24.5 Å². The monoisotopic (exact) mass is 388 g/mol. The van der Waals surface area contributed by atoms with E-state index in [9.17, 15) is 0 Å². The molecular formula is C23H24N4O2. The van der Waals surface area contributed by atoms with Crippen molar-refractivity contribution in [2.24, 2.45) is 5.73 Å². The number of aryl methyl sites for hydroxylation is 1. The summed E-state index contributed by atoms with van der Waals surface area (Å²) in [4.78, 5) is 4.33. The molecule has 148 valence electrons. The van der Waals surface area contributed by atoms with Gasteiger partial charge in [0.15, 0.2) is 0 Å². The molecule has 29 heavy (non-hydrogen) atoms. The van der Waals surface area contributed by atoms with Crippen molar-refractivity contribution in [3.05, 3.63) is 72.2 Å². The number of hydrogen-bond donors (Lipinski definition) is 2. The highest BCUT2D eigenvalue weighted by atomic mass is 16.5. The number of aromatic nitrogens is 3. The highest BCUT2D eigenvalue weighted by Crippen LogP contribution is 2.27. The van der Waals surface area contributed by atoms with Crippen LogP contribution in [0.5, 0.6) is 11.5 Å². The first kappa shape index (κ1) is 19.0. The van der Waals surface area contributed by atoms with Crippen molar-refractivity contribution in [3.8, 4) is 22.6 Å². The number of aromatic amines is 1. The van der Waals surface area contributed by atoms with E-state index in [1.165, 1.54) is 0 Å². The second-order valence-electron chi connectivity index (χ2n) is 7.10. The molecular weight excluding hydrogens is 364 g/mol. The molecule has 0 radical (unpaired) electrons. The second kappa shape index (κ2) is 8.32. The Labute approximate surface area is 169 Å². The maximum atomic E-state index is 6.25. The molecule has 1 atom stereocenters. The van der Waals surface area contributed by atoms with E-state index in [-0.39, 0.29) is 6.04 Å². The molecule has 0 saturated carbocycles. The smallest absolute Gasteiger partial charge is 0.138 e. The summed E-state index contributed by atoms with van der Waals surface area (Å²) >= 11 is 0. The highest BCUT2D eigenvalue weighted by molar-refractivity contribution is 5.86. The molecule has 0 unspecified atom stereocenters. The Morgan fingerprint density at radius 1 is 1.00 bits per heavy atom. The summed E-state index contributed by atoms with van der Waals surface area (Å²) < 4.78 is 11.1. The van der Waals surface area contributed by atoms with Crippen molar-refractivity contribution >= 4 is 10.9 Å². The molecule has 0 fully saturated rings. The van der Waals surface area contributed by atoms with E-state index < -0.39 is 0 Å². The summed E-state index contributed by atoms with van der Waals surface area (Å²) in [5, 5.41) is 8.39. The van der Waals surface area contributed by atoms with Crippen LogP contribution in [0.15, 0.2) is 60.9 Å². The third-order valence-corrected chi connectivity index (χ3v) is 4.92. The van der Waals surface area contributed by atoms with Gasteiger partial charge in [0, 0.05) is 23.2 Å². The van der Waals surface area contributed by atoms with Gasteiger partial charge in [-0.3, -0.25) is 10.1 Å². The number of nitrogens with one attached hydrogen (secondary N) is 1. The second-order valence-corrected chi connectivity index (χ2v) is 7.10. The average Bonchev–Trinajstić information content (AvgIpc) is 3.13. The lowest BCUT2D eigenvalue weighted by Crippen LogP contribution is -2.30. The zero-order chi connectivity index (χ0) is 20.2. The molecule has 4 aromatic rings. The van der Waals surface area contributed by atoms with Crippen LogP contribution in [0.4, 0.5) is 0 Å². The fourth-order valence-electron chi connectivity index (χ4n) is 3.31. The van der Waals surface area contributed by atoms with Crippen molar-refractivity contribution in [1.29, 1.82) is 0 Å². The molecule has 3 N–H and O–H groups in total. The van der Waals surface area contributed by atoms with E-state index in [2.05, 4.69) is 27.3 Å². The quantitative estimate of drug-likeness (QED) is 0.502. The van der Waals surface area contributed by atoms with Gasteiger partial charge in [-0.2, -0.15) is 5.10 Å². The number of nitrogens with two attached hydrogens (primary N) is 1. The van der Waals surface area contributed by atoms with Gasteiger partial charge in [-0.05, 0) is 54.8 Å². The van der Waals surface area contributed by atoms with Gasteiger partial charge >= 0.3 is 0 Å². The number of fused-ring (bicyclic) bond motifs is 1. The molecule has 0 spiro atoms. The topological polar surface area (TPSA) is 86.0 Å². The molecule has 2 heterocycles. The predicted molar refractivity (Wildman–Crippen MR) is 114 cm³/mol. The molecule has 0 aliphatic carbocycles. The van der Waals surface area contributed by atoms with Crippen LogP contribution in [-0.2, 0) is 6.42 Å². The summed E-state index contributed by atoms with van der Waals surface area (Å²) in [6.45, 7) is 2.40. The van der Waals surface area contributed by atoms with Crippen LogP contribution in [0.3, 0.4) is 0 Å². The first-order valence-electron chi connectivity index (χ1n) is 9.54. The van der Waals surface area contributed by atoms with E-state index in [1.54, 1.807) is 13.3 Å². The van der Waals surface area contributed by atoms with Crippen LogP contribution in [-0.4, -0.2) is 34.9 Å². The molecule has 6 nitrogen and oxygen atoms in total. The lowest BCUT2D eigenvalue weighted by atomic mass is 10.0. The van der Waals surface area contributed by atoms with Crippen LogP contribution in [0.1, 0.15) is 11.3 Å². The number of methoxy groups -OCH3 is 1. The fourth-order valence-corrected chi connectivity index (χ4v) is 3.31. The lowest BCUT2D eigenvalue weighted by molar-refractivity contribution is 0.286. The maximum Gasteiger partial charge on any atom is 0.138 e. The molecule has 2 aromatic heterocycles. The van der Waals surface area contributed by atoms with Gasteiger partial charge in [0.1, 0.15) is 18.1 Å². The first-order valence-corrected chi connectivity index (χ1v) is 9.54. The van der Waals surface area contributed by atoms with E-state index >= 15 is 0 Å². The minimum atomic E-state index is -0.114. The molecule has 6 heteroatoms. The number of H-pyrrole nitrogens is 1. The maximum absolute atomic E-state index is 6.25. The fraction of sp³-hybridized carbons (Fsp3) is 0.217. The van der Waals surface area contributed by atoms with E-state index in [4.69, 9.17) is 15.2 Å². The summed E-state index contributed by atoms with van der Waals surface area (Å²) in [6, 6.07) is 16.0. The summed E-state index contributed by atoms with van der Waals surface area (Å²) in [5.41, 5.74) is 11.5. The molecule has 2 aromatic carbocycles. The summed E-state index contributed by atoms with van der Waals surface area (Å²) in [6.07, 6.45) is 4.28. The molecule has 0 bridgehead atoms. The number of rotatable bonds is 7. The van der Waals surface area contributed by atoms with Crippen molar-refractivity contribution in [3.63, 3.8) is 0 Å². The Hall–Kier alpha value is -3.38. The third kappa shape index (κ3) is 4.38. The summed E-state index contributed by atoms with van der Waals surface area (Å²) in [7, 11) is 1.66. The standard InChI is InChI=1S/C23H24N4O2/c1-15-22-11-17(5-8-23(22)27-26-15)18-10-21(13-25-12-18)29-14-19(24)9-16-3-6-20(28-2)7-4-16/h3-8,10-13,19H,9,14,24H2,1-2H3,(H,26,27)/t19-/m0/s1. The first-order chi connectivity index (χ1) is 14.1. The SMILES string of the molecule is COc1ccc(C[C@H](N)COc2cncc(-c3ccc4[nH]nc(C)c4c3)c2)cc1. The Bertz CT molecular complexity index is 1110. The van der Waals surface area contributed by atoms with Gasteiger partial charge in [-0.1, -0.05) is 18.2 Å². The van der Waals surface area contributed by atoms with Crippen molar-refractivity contribution in [2.45, 2.75) is 19.4 Å². The van der Waals surface area contributed by atoms with Crippen molar-refractivity contribution in [2.75, 3.05) is 13.7 Å².